The smallest absolute Gasteiger partial charge is 0.305 e. The van der Waals surface area contributed by atoms with Crippen LogP contribution in [0.3, 0.4) is 0 Å². The van der Waals surface area contributed by atoms with E-state index in [9.17, 15) is 22.8 Å². The lowest BCUT2D eigenvalue weighted by Gasteiger charge is -2.16. The molecule has 0 spiro atoms. The highest BCUT2D eigenvalue weighted by atomic mass is 19.2. The average molecular weight is 261 g/mol. The van der Waals surface area contributed by atoms with Gasteiger partial charge in [-0.3, -0.25) is 9.59 Å². The van der Waals surface area contributed by atoms with Crippen LogP contribution >= 0.6 is 0 Å². The number of carbonyl (C=O) groups is 2. The molecule has 0 bridgehead atoms. The summed E-state index contributed by atoms with van der Waals surface area (Å²) in [6, 6.07) is 1.45. The molecule has 0 heterocycles. The van der Waals surface area contributed by atoms with Crippen molar-refractivity contribution in [2.75, 3.05) is 13.6 Å². The van der Waals surface area contributed by atoms with E-state index in [0.29, 0.717) is 6.07 Å². The van der Waals surface area contributed by atoms with Gasteiger partial charge in [0.2, 0.25) is 0 Å². The van der Waals surface area contributed by atoms with Gasteiger partial charge >= 0.3 is 5.97 Å². The number of carbonyl (C=O) groups excluding carboxylic acids is 1. The molecule has 1 rings (SSSR count). The van der Waals surface area contributed by atoms with Crippen LogP contribution in [0, 0.1) is 17.5 Å². The Labute approximate surface area is 101 Å². The monoisotopic (exact) mass is 261 g/mol. The predicted molar refractivity (Wildman–Crippen MR) is 55.5 cm³/mol. The molecule has 7 heteroatoms. The number of hydrogen-bond acceptors (Lipinski definition) is 2. The first-order valence-electron chi connectivity index (χ1n) is 4.95. The maximum absolute atomic E-state index is 13.3. The van der Waals surface area contributed by atoms with E-state index in [-0.39, 0.29) is 13.0 Å². The Morgan fingerprint density at radius 1 is 1.22 bits per heavy atom. The molecule has 0 atom stereocenters. The summed E-state index contributed by atoms with van der Waals surface area (Å²) in [4.78, 5) is 22.9. The summed E-state index contributed by atoms with van der Waals surface area (Å²) in [6.45, 7) is -0.160. The number of rotatable bonds is 4. The van der Waals surface area contributed by atoms with E-state index >= 15 is 0 Å². The number of aliphatic carboxylic acids is 1. The summed E-state index contributed by atoms with van der Waals surface area (Å²) in [6.07, 6.45) is -0.326. The molecule has 98 valence electrons. The molecule has 0 unspecified atom stereocenters. The van der Waals surface area contributed by atoms with Gasteiger partial charge in [-0.1, -0.05) is 0 Å². The lowest BCUT2D eigenvalue weighted by Crippen LogP contribution is -2.30. The van der Waals surface area contributed by atoms with Crippen molar-refractivity contribution < 1.29 is 27.9 Å². The third kappa shape index (κ3) is 2.99. The van der Waals surface area contributed by atoms with Crippen LogP contribution in [0.1, 0.15) is 16.8 Å². The zero-order valence-corrected chi connectivity index (χ0v) is 9.41. The summed E-state index contributed by atoms with van der Waals surface area (Å²) in [5, 5.41) is 8.43. The fourth-order valence-corrected chi connectivity index (χ4v) is 1.26. The lowest BCUT2D eigenvalue weighted by molar-refractivity contribution is -0.137. The van der Waals surface area contributed by atoms with E-state index in [1.54, 1.807) is 0 Å². The van der Waals surface area contributed by atoms with Crippen LogP contribution in [0.15, 0.2) is 12.1 Å². The molecule has 18 heavy (non-hydrogen) atoms. The van der Waals surface area contributed by atoms with E-state index in [1.807, 2.05) is 0 Å². The van der Waals surface area contributed by atoms with E-state index in [0.717, 1.165) is 11.0 Å². The summed E-state index contributed by atoms with van der Waals surface area (Å²) >= 11 is 0. The Balaban J connectivity index is 2.90. The third-order valence-corrected chi connectivity index (χ3v) is 2.27. The quantitative estimate of drug-likeness (QED) is 0.838. The van der Waals surface area contributed by atoms with Crippen LogP contribution in [0.4, 0.5) is 13.2 Å². The molecule has 0 fully saturated rings. The number of halogens is 3. The minimum absolute atomic E-state index is 0.160. The maximum atomic E-state index is 13.3. The Morgan fingerprint density at radius 2 is 1.83 bits per heavy atom. The summed E-state index contributed by atoms with van der Waals surface area (Å²) in [5.41, 5.74) is -0.637. The van der Waals surface area contributed by atoms with Crippen molar-refractivity contribution in [3.8, 4) is 0 Å². The van der Waals surface area contributed by atoms with Crippen molar-refractivity contribution in [2.45, 2.75) is 6.42 Å². The highest BCUT2D eigenvalue weighted by molar-refractivity contribution is 5.94. The molecule has 0 saturated carbocycles. The number of carboxylic acids is 1. The van der Waals surface area contributed by atoms with E-state index in [4.69, 9.17) is 5.11 Å². The molecule has 1 aromatic rings. The first kappa shape index (κ1) is 14.0. The minimum Gasteiger partial charge on any atom is -0.481 e. The lowest BCUT2D eigenvalue weighted by atomic mass is 10.1. The van der Waals surface area contributed by atoms with E-state index in [2.05, 4.69) is 0 Å². The van der Waals surface area contributed by atoms with Crippen molar-refractivity contribution in [1.29, 1.82) is 0 Å². The third-order valence-electron chi connectivity index (χ3n) is 2.27. The maximum Gasteiger partial charge on any atom is 0.305 e. The van der Waals surface area contributed by atoms with Crippen LogP contribution in [-0.2, 0) is 4.79 Å². The van der Waals surface area contributed by atoms with Crippen molar-refractivity contribution in [1.82, 2.24) is 4.90 Å². The zero-order valence-electron chi connectivity index (χ0n) is 9.41. The predicted octanol–water partition coefficient (Wildman–Crippen LogP) is 1.65. The van der Waals surface area contributed by atoms with Gasteiger partial charge in [-0.25, -0.2) is 13.2 Å². The van der Waals surface area contributed by atoms with Gasteiger partial charge in [-0.05, 0) is 12.1 Å². The standard InChI is InChI=1S/C11H10F3NO3/c1-15(5-4-8(16)17)11(18)6-2-3-7(12)10(14)9(6)13/h2-3H,4-5H2,1H3,(H,16,17). The molecular weight excluding hydrogens is 251 g/mol. The second-order valence-corrected chi connectivity index (χ2v) is 3.59. The molecule has 0 saturated heterocycles. The first-order valence-corrected chi connectivity index (χ1v) is 4.95. The Kier molecular flexibility index (Phi) is 4.30. The SMILES string of the molecule is CN(CCC(=O)O)C(=O)c1ccc(F)c(F)c1F. The average Bonchev–Trinajstić information content (AvgIpc) is 2.32. The molecular formula is C11H10F3NO3. The summed E-state index contributed by atoms with van der Waals surface area (Å²) in [5.74, 6) is -6.74. The molecule has 0 aliphatic carbocycles. The van der Waals surface area contributed by atoms with Gasteiger partial charge in [0.05, 0.1) is 12.0 Å². The molecule has 4 nitrogen and oxygen atoms in total. The molecule has 1 aromatic carbocycles. The van der Waals surface area contributed by atoms with Crippen LogP contribution < -0.4 is 0 Å². The van der Waals surface area contributed by atoms with Crippen LogP contribution in [0.5, 0.6) is 0 Å². The van der Waals surface area contributed by atoms with Gasteiger partial charge in [0.25, 0.3) is 5.91 Å². The van der Waals surface area contributed by atoms with Gasteiger partial charge in [-0.15, -0.1) is 0 Å². The van der Waals surface area contributed by atoms with Crippen LogP contribution in [-0.4, -0.2) is 35.5 Å². The van der Waals surface area contributed by atoms with Gasteiger partial charge in [-0.2, -0.15) is 0 Å². The zero-order chi connectivity index (χ0) is 13.9. The number of carboxylic acid groups (broad SMARTS) is 1. The van der Waals surface area contributed by atoms with Crippen LogP contribution in [0.2, 0.25) is 0 Å². The highest BCUT2D eigenvalue weighted by Crippen LogP contribution is 2.16. The van der Waals surface area contributed by atoms with Crippen molar-refractivity contribution in [3.63, 3.8) is 0 Å². The van der Waals surface area contributed by atoms with Crippen LogP contribution in [0.25, 0.3) is 0 Å². The van der Waals surface area contributed by atoms with Crippen molar-refractivity contribution in [3.05, 3.63) is 35.1 Å². The normalized spacial score (nSPS) is 10.2. The fourth-order valence-electron chi connectivity index (χ4n) is 1.26. The second-order valence-electron chi connectivity index (χ2n) is 3.59. The first-order chi connectivity index (χ1) is 8.34. The van der Waals surface area contributed by atoms with Gasteiger partial charge < -0.3 is 10.0 Å². The number of hydrogen-bond donors (Lipinski definition) is 1. The largest absolute Gasteiger partial charge is 0.481 e. The Hall–Kier alpha value is -2.05. The number of amides is 1. The molecule has 0 radical (unpaired) electrons. The minimum atomic E-state index is -1.73. The Morgan fingerprint density at radius 3 is 2.39 bits per heavy atom. The highest BCUT2D eigenvalue weighted by Gasteiger charge is 2.21. The molecule has 1 N–H and O–H groups in total. The summed E-state index contributed by atoms with van der Waals surface area (Å²) < 4.78 is 38.9. The number of nitrogens with zero attached hydrogens (tertiary/aromatic N) is 1. The number of benzene rings is 1. The van der Waals surface area contributed by atoms with Crippen molar-refractivity contribution >= 4 is 11.9 Å². The topological polar surface area (TPSA) is 57.6 Å². The molecule has 0 aromatic heterocycles. The van der Waals surface area contributed by atoms with Crippen molar-refractivity contribution in [2.24, 2.45) is 0 Å². The Bertz CT molecular complexity index is 491. The van der Waals surface area contributed by atoms with Gasteiger partial charge in [0.15, 0.2) is 17.5 Å². The molecule has 0 aliphatic heterocycles. The molecule has 0 aliphatic rings. The summed E-state index contributed by atoms with van der Waals surface area (Å²) in [7, 11) is 1.24. The van der Waals surface area contributed by atoms with E-state index in [1.165, 1.54) is 7.05 Å². The van der Waals surface area contributed by atoms with E-state index < -0.39 is 34.9 Å². The van der Waals surface area contributed by atoms with Gasteiger partial charge in [0.1, 0.15) is 0 Å². The molecule has 1 amide bonds. The fraction of sp³-hybridized carbons (Fsp3) is 0.273. The van der Waals surface area contributed by atoms with Gasteiger partial charge in [0, 0.05) is 13.6 Å². The second kappa shape index (κ2) is 5.52.